The van der Waals surface area contributed by atoms with Crippen molar-refractivity contribution in [3.05, 3.63) is 268 Å². The van der Waals surface area contributed by atoms with E-state index in [2.05, 4.69) is 93.7 Å². The lowest BCUT2D eigenvalue weighted by Crippen LogP contribution is -2.38. The third-order valence-corrected chi connectivity index (χ3v) is 16.8. The zero-order valence-electron chi connectivity index (χ0n) is 69.1. The molecular weight excluding hydrogens is 1380 g/mol. The summed E-state index contributed by atoms with van der Waals surface area (Å²) >= 11 is 0. The van der Waals surface area contributed by atoms with E-state index in [1.54, 1.807) is 114 Å². The van der Waals surface area contributed by atoms with Crippen molar-refractivity contribution in [1.82, 2.24) is 98.9 Å². The van der Waals surface area contributed by atoms with Gasteiger partial charge in [-0.25, -0.2) is 43.8 Å². The van der Waals surface area contributed by atoms with Gasteiger partial charge in [-0.2, -0.15) is 15.2 Å². The Hall–Kier alpha value is -11.9. The Kier molecular flexibility index (Phi) is 38.5. The monoisotopic (exact) mass is 1490 g/mol. The summed E-state index contributed by atoms with van der Waals surface area (Å²) in [6.07, 6.45) is 6.94. The van der Waals surface area contributed by atoms with Gasteiger partial charge in [0, 0.05) is 121 Å². The molecule has 0 atom stereocenters. The van der Waals surface area contributed by atoms with Crippen LogP contribution in [0.1, 0.15) is 162 Å². The Labute approximate surface area is 630 Å². The molecule has 0 aromatic carbocycles. The van der Waals surface area contributed by atoms with Crippen molar-refractivity contribution in [2.45, 2.75) is 194 Å². The van der Waals surface area contributed by atoms with Crippen LogP contribution in [-0.2, 0) is 44.8 Å². The zero-order chi connectivity index (χ0) is 83.2. The highest BCUT2D eigenvalue weighted by molar-refractivity contribution is 6.49. The van der Waals surface area contributed by atoms with Crippen LogP contribution in [0.15, 0.2) is 97.3 Å². The van der Waals surface area contributed by atoms with E-state index < -0.39 is 5.69 Å². The fraction of sp³-hybridized carbons (Fsp3) is 0.429. The molecule has 1 aliphatic rings. The second-order valence-corrected chi connectivity index (χ2v) is 25.5. The minimum absolute atomic E-state index is 0.0243. The number of Topliss-reactive ketones (excluding diaryl/α,β-unsaturated/α-hetero) is 1. The van der Waals surface area contributed by atoms with Crippen molar-refractivity contribution in [2.24, 2.45) is 40.2 Å². The van der Waals surface area contributed by atoms with Crippen molar-refractivity contribution < 1.29 is 14.1 Å². The Balaban J connectivity index is 0.000000594. The first-order valence-electron chi connectivity index (χ1n) is 34.0. The van der Waals surface area contributed by atoms with Gasteiger partial charge in [-0.3, -0.25) is 58.4 Å². The minimum Gasteiger partial charge on any atom is -0.361 e. The molecule has 0 bridgehead atoms. The predicted molar refractivity (Wildman–Crippen MR) is 419 cm³/mol. The molecule has 31 nitrogen and oxygen atoms in total. The van der Waals surface area contributed by atoms with Crippen LogP contribution in [0.2, 0.25) is 0 Å². The van der Waals surface area contributed by atoms with E-state index in [9.17, 15) is 43.2 Å². The molecule has 0 radical (unpaired) electrons. The quantitative estimate of drug-likeness (QED) is 0.150. The largest absolute Gasteiger partial charge is 0.362 e. The highest BCUT2D eigenvalue weighted by Crippen LogP contribution is 2.13. The number of dihydropyridines is 1. The standard InChI is InChI=1S/C8H9NO2.C8H11NO.C8H11N.2C7H10N2O.2C7H10N2.C7H9NO2.C6H9N3O2.C6H9N3O.C6H9N3/c1-4-5(2)8(11)9-6(3)7(4)10;1-6-4-5-9(3)8(10)7(6)2;1-6-4-5-7(2)9-8(6)3;1-5-6(2)8-4-9(3)7(5)10;1-4-5(2)8-9-6(3)7(4)10;1-5-4-8-6(2)7(3)9-5;1-5-4-8-7(3)9-6(5)2;1-4-6(3)10-8-5(2)7(4)9;1-4-5(10)8(2)9(3)6(11)7-4;1-4-5(2)7-8-9(3)6(4)10;1-4-5(2)8-9-6(3)7-4/h1-3H3;4-5H,1-3H3;4-5H,1-3H3;4H,1-3H3;1-3H3,(H,8,10);2*4H,1-3H3;1-3H3;1-3H3;1-3H3;1-3H3. The van der Waals surface area contributed by atoms with Gasteiger partial charge in [0.25, 0.3) is 28.1 Å². The first-order valence-corrected chi connectivity index (χ1v) is 34.0. The molecule has 10 aromatic rings. The molecule has 1 aliphatic heterocycles. The molecule has 10 aromatic heterocycles. The number of aryl methyl sites for hydroxylation is 23. The molecule has 1 N–H and O–H groups in total. The van der Waals surface area contributed by atoms with Crippen LogP contribution in [0.4, 0.5) is 0 Å². The molecule has 0 fully saturated rings. The van der Waals surface area contributed by atoms with Gasteiger partial charge in [-0.1, -0.05) is 16.4 Å². The minimum atomic E-state index is -0.412. The second kappa shape index (κ2) is 44.1. The van der Waals surface area contributed by atoms with Crippen LogP contribution in [0.3, 0.4) is 0 Å². The molecule has 1 amide bonds. The van der Waals surface area contributed by atoms with Crippen molar-refractivity contribution in [2.75, 3.05) is 0 Å². The number of allylic oxidation sites excluding steroid dienone is 1. The van der Waals surface area contributed by atoms with E-state index in [1.165, 1.54) is 46.8 Å². The van der Waals surface area contributed by atoms with Crippen molar-refractivity contribution in [3.8, 4) is 0 Å². The topological polar surface area (TPSA) is 400 Å². The van der Waals surface area contributed by atoms with Crippen LogP contribution in [0, 0.1) is 173 Å². The molecule has 0 saturated carbocycles. The molecule has 0 aliphatic carbocycles. The highest BCUT2D eigenvalue weighted by Gasteiger charge is 2.21. The van der Waals surface area contributed by atoms with Crippen LogP contribution in [0.5, 0.6) is 0 Å². The van der Waals surface area contributed by atoms with Crippen LogP contribution in [0.25, 0.3) is 0 Å². The number of hydrogen-bond acceptors (Lipinski definition) is 24. The smallest absolute Gasteiger partial charge is 0.361 e. The summed E-state index contributed by atoms with van der Waals surface area (Å²) in [6, 6.07) is 6.07. The fourth-order valence-electron chi connectivity index (χ4n) is 7.94. The van der Waals surface area contributed by atoms with Crippen LogP contribution >= 0.6 is 0 Å². The predicted octanol–water partition coefficient (Wildman–Crippen LogP) is 8.13. The lowest BCUT2D eigenvalue weighted by Gasteiger charge is -2.08. The van der Waals surface area contributed by atoms with Gasteiger partial charge < -0.3 is 13.7 Å². The fourth-order valence-corrected chi connectivity index (χ4v) is 7.94. The summed E-state index contributed by atoms with van der Waals surface area (Å²) < 4.78 is 11.5. The van der Waals surface area contributed by atoms with Crippen LogP contribution < -0.4 is 38.8 Å². The average molecular weight is 1490 g/mol. The van der Waals surface area contributed by atoms with E-state index in [0.717, 1.165) is 101 Å². The normalized spacial score (nSPS) is 10.8. The molecule has 0 unspecified atom stereocenters. The number of carbonyl (C=O) groups is 2. The number of hydrogen-bond donors (Lipinski definition) is 1. The SMILES string of the molecule is CC1=NC(=O)C(C)=C(C)C1=O.Cc1[nH]nc(C)c(=O)c1C.Cc1ccc(C)c(C)n1.Cc1ccn(C)c(=O)c1C.Cc1cnc(C)c(C)n1.Cc1nc(=O)n(C)n(C)c1=O.Cc1ncc(C)c(C)n1.Cc1ncn(C)c(=O)c1C.Cc1nnc(C)c(C)n1.Cc1nnn(C)c(=O)c1C.Cc1onc(C)c(=O)c1C. The molecular formula is C77H107N21O10. The second-order valence-electron chi connectivity index (χ2n) is 25.5. The number of pyridine rings is 2. The van der Waals surface area contributed by atoms with Gasteiger partial charge in [0.1, 0.15) is 34.5 Å². The number of carbonyl (C=O) groups excluding carboxylic acids is 2. The van der Waals surface area contributed by atoms with Gasteiger partial charge in [-0.15, -0.1) is 10.2 Å². The first kappa shape index (κ1) is 94.1. The number of nitrogens with zero attached hydrogens (tertiary/aromatic N) is 20. The summed E-state index contributed by atoms with van der Waals surface area (Å²) in [4.78, 5) is 136. The maximum Gasteiger partial charge on any atom is 0.362 e. The maximum absolute atomic E-state index is 11.2. The van der Waals surface area contributed by atoms with Gasteiger partial charge >= 0.3 is 5.69 Å². The Morgan fingerprint density at radius 1 is 0.380 bits per heavy atom. The van der Waals surface area contributed by atoms with E-state index >= 15 is 0 Å². The number of H-pyrrole nitrogens is 1. The lowest BCUT2D eigenvalue weighted by atomic mass is 10.0. The summed E-state index contributed by atoms with van der Waals surface area (Å²) in [5.41, 5.74) is 19.5. The molecule has 11 heterocycles. The molecule has 31 heteroatoms. The van der Waals surface area contributed by atoms with Gasteiger partial charge in [0.15, 0.2) is 0 Å². The number of aliphatic imine (C=N–C) groups is 1. The number of nitrogens with one attached hydrogen (secondary N) is 1. The van der Waals surface area contributed by atoms with Crippen molar-refractivity contribution >= 4 is 17.4 Å². The molecule has 0 saturated heterocycles. The van der Waals surface area contributed by atoms with Gasteiger partial charge in [0.05, 0.1) is 46.2 Å². The molecule has 0 spiro atoms. The number of aromatic amines is 1. The number of aromatic nitrogens is 20. The zero-order valence-corrected chi connectivity index (χ0v) is 69.1. The van der Waals surface area contributed by atoms with Crippen molar-refractivity contribution in [1.29, 1.82) is 0 Å². The lowest BCUT2D eigenvalue weighted by molar-refractivity contribution is -0.116. The summed E-state index contributed by atoms with van der Waals surface area (Å²) in [6.45, 7) is 51.2. The average Bonchev–Trinajstić information content (AvgIpc) is 0.828. The highest BCUT2D eigenvalue weighted by atomic mass is 16.5. The van der Waals surface area contributed by atoms with Gasteiger partial charge in [0.2, 0.25) is 16.6 Å². The number of ketones is 1. The Morgan fingerprint density at radius 3 is 1.42 bits per heavy atom. The third-order valence-electron chi connectivity index (χ3n) is 16.8. The maximum atomic E-state index is 11.2. The summed E-state index contributed by atoms with van der Waals surface area (Å²) in [7, 11) is 8.06. The molecule has 11 rings (SSSR count). The van der Waals surface area contributed by atoms with E-state index in [1.807, 2.05) is 122 Å². The van der Waals surface area contributed by atoms with Gasteiger partial charge in [-0.05, 0) is 223 Å². The van der Waals surface area contributed by atoms with Crippen molar-refractivity contribution in [3.63, 3.8) is 0 Å². The third kappa shape index (κ3) is 29.9. The summed E-state index contributed by atoms with van der Waals surface area (Å²) in [5, 5.41) is 25.1. The van der Waals surface area contributed by atoms with E-state index in [4.69, 9.17) is 4.52 Å². The van der Waals surface area contributed by atoms with E-state index in [-0.39, 0.29) is 56.2 Å². The Bertz CT molecular complexity index is 4760. The molecule has 580 valence electrons. The van der Waals surface area contributed by atoms with E-state index in [0.29, 0.717) is 45.1 Å². The Morgan fingerprint density at radius 2 is 0.926 bits per heavy atom. The molecule has 108 heavy (non-hydrogen) atoms. The first-order chi connectivity index (χ1) is 50.0. The summed E-state index contributed by atoms with van der Waals surface area (Å²) in [5.74, 6) is 1.76. The number of amides is 1. The number of rotatable bonds is 0. The van der Waals surface area contributed by atoms with Crippen LogP contribution in [-0.4, -0.2) is 116 Å².